The highest BCUT2D eigenvalue weighted by Crippen LogP contribution is 2.31. The van der Waals surface area contributed by atoms with E-state index in [0.717, 1.165) is 21.3 Å². The fourth-order valence-electron chi connectivity index (χ4n) is 2.94. The number of aryl methyl sites for hydroxylation is 1. The van der Waals surface area contributed by atoms with Crippen LogP contribution in [0.5, 0.6) is 11.5 Å². The number of benzene rings is 3. The maximum absolute atomic E-state index is 12.6. The molecule has 4 rings (SSSR count). The third-order valence-corrected chi connectivity index (χ3v) is 7.24. The number of hydrogen-bond acceptors (Lipinski definition) is 8. The summed E-state index contributed by atoms with van der Waals surface area (Å²) in [6.45, 7) is 1.88. The summed E-state index contributed by atoms with van der Waals surface area (Å²) in [5.41, 5.74) is 6.42. The minimum absolute atomic E-state index is 0.0703. The van der Waals surface area contributed by atoms with E-state index < -0.39 is 10.1 Å². The molecule has 0 aliphatic carbocycles. The molecule has 10 heteroatoms. The molecular formula is C24H20BrN3O4S2. The lowest BCUT2D eigenvalue weighted by Gasteiger charge is -2.11. The van der Waals surface area contributed by atoms with Crippen LogP contribution in [-0.4, -0.2) is 26.7 Å². The summed E-state index contributed by atoms with van der Waals surface area (Å²) < 4.78 is 36.8. The second-order valence-corrected chi connectivity index (χ2v) is 10.5. The fraction of sp³-hybridized carbons (Fsp3) is 0.0833. The van der Waals surface area contributed by atoms with Crippen LogP contribution in [0, 0.1) is 6.92 Å². The molecule has 1 aromatic heterocycles. The summed E-state index contributed by atoms with van der Waals surface area (Å²) in [6, 6.07) is 19.2. The molecule has 174 valence electrons. The van der Waals surface area contributed by atoms with Gasteiger partial charge < -0.3 is 8.92 Å². The van der Waals surface area contributed by atoms with Crippen molar-refractivity contribution in [1.82, 2.24) is 4.98 Å². The van der Waals surface area contributed by atoms with Crippen LogP contribution in [0.1, 0.15) is 11.1 Å². The number of hydrazone groups is 1. The Labute approximate surface area is 210 Å². The Hall–Kier alpha value is -3.21. The van der Waals surface area contributed by atoms with Crippen LogP contribution < -0.4 is 14.3 Å². The first kappa shape index (κ1) is 23.9. The zero-order valence-electron chi connectivity index (χ0n) is 18.2. The molecule has 0 fully saturated rings. The van der Waals surface area contributed by atoms with E-state index >= 15 is 0 Å². The van der Waals surface area contributed by atoms with Crippen LogP contribution in [-0.2, 0) is 10.1 Å². The average Bonchev–Trinajstić information content (AvgIpc) is 3.29. The molecule has 1 heterocycles. The normalized spacial score (nSPS) is 11.5. The standard InChI is InChI=1S/C24H20BrN3O4S2/c1-16-3-10-20(11-4-16)34(29,30)32-22-12-5-17(13-23(22)31-2)14-26-28-24-27-21(15-33-24)18-6-8-19(25)9-7-18/h3-15H,1-2H3,(H,27,28)/b26-14-. The molecule has 0 atom stereocenters. The first-order chi connectivity index (χ1) is 16.3. The average molecular weight is 558 g/mol. The predicted octanol–water partition coefficient (Wildman–Crippen LogP) is 6.10. The number of aromatic nitrogens is 1. The Balaban J connectivity index is 1.44. The minimum Gasteiger partial charge on any atom is -0.493 e. The van der Waals surface area contributed by atoms with Crippen molar-refractivity contribution in [1.29, 1.82) is 0 Å². The quantitative estimate of drug-likeness (QED) is 0.160. The van der Waals surface area contributed by atoms with Gasteiger partial charge in [-0.3, -0.25) is 5.43 Å². The molecule has 0 bridgehead atoms. The number of anilines is 1. The topological polar surface area (TPSA) is 89.9 Å². The van der Waals surface area contributed by atoms with E-state index in [0.29, 0.717) is 10.7 Å². The number of rotatable bonds is 8. The van der Waals surface area contributed by atoms with Crippen molar-refractivity contribution in [3.63, 3.8) is 0 Å². The van der Waals surface area contributed by atoms with E-state index in [2.05, 4.69) is 31.4 Å². The number of hydrogen-bond donors (Lipinski definition) is 1. The Kier molecular flexibility index (Phi) is 7.30. The first-order valence-electron chi connectivity index (χ1n) is 10.0. The van der Waals surface area contributed by atoms with Gasteiger partial charge in [-0.2, -0.15) is 13.5 Å². The van der Waals surface area contributed by atoms with Gasteiger partial charge in [0.1, 0.15) is 4.90 Å². The molecule has 0 unspecified atom stereocenters. The molecule has 7 nitrogen and oxygen atoms in total. The number of methoxy groups -OCH3 is 1. The molecule has 0 aliphatic heterocycles. The van der Waals surface area contributed by atoms with E-state index in [1.165, 1.54) is 36.6 Å². The highest BCUT2D eigenvalue weighted by Gasteiger charge is 2.19. The molecule has 4 aromatic rings. The number of ether oxygens (including phenoxy) is 1. The van der Waals surface area contributed by atoms with Crippen molar-refractivity contribution in [3.8, 4) is 22.8 Å². The van der Waals surface area contributed by atoms with E-state index in [4.69, 9.17) is 8.92 Å². The van der Waals surface area contributed by atoms with Gasteiger partial charge in [-0.15, -0.1) is 11.3 Å². The lowest BCUT2D eigenvalue weighted by molar-refractivity contribution is 0.390. The van der Waals surface area contributed by atoms with Crippen molar-refractivity contribution in [2.45, 2.75) is 11.8 Å². The molecule has 34 heavy (non-hydrogen) atoms. The van der Waals surface area contributed by atoms with Gasteiger partial charge in [0.05, 0.1) is 19.0 Å². The summed E-state index contributed by atoms with van der Waals surface area (Å²) in [4.78, 5) is 4.60. The van der Waals surface area contributed by atoms with Crippen LogP contribution in [0.15, 0.2) is 86.6 Å². The van der Waals surface area contributed by atoms with E-state index in [9.17, 15) is 8.42 Å². The largest absolute Gasteiger partial charge is 0.493 e. The zero-order valence-corrected chi connectivity index (χ0v) is 21.4. The predicted molar refractivity (Wildman–Crippen MR) is 138 cm³/mol. The molecule has 3 aromatic carbocycles. The molecule has 1 N–H and O–H groups in total. The second kappa shape index (κ2) is 10.4. The Bertz CT molecular complexity index is 1420. The van der Waals surface area contributed by atoms with Crippen LogP contribution in [0.3, 0.4) is 0 Å². The molecule has 0 radical (unpaired) electrons. The Morgan fingerprint density at radius 2 is 1.76 bits per heavy atom. The van der Waals surface area contributed by atoms with Crippen molar-refractivity contribution >= 4 is 48.7 Å². The SMILES string of the molecule is COc1cc(/C=N\Nc2nc(-c3ccc(Br)cc3)cs2)ccc1OS(=O)(=O)c1ccc(C)cc1. The van der Waals surface area contributed by atoms with Gasteiger partial charge in [0.15, 0.2) is 11.5 Å². The fourth-order valence-corrected chi connectivity index (χ4v) is 4.82. The maximum atomic E-state index is 12.6. The first-order valence-corrected chi connectivity index (χ1v) is 13.1. The number of nitrogens with zero attached hydrogens (tertiary/aromatic N) is 2. The van der Waals surface area contributed by atoms with Crippen molar-refractivity contribution in [2.24, 2.45) is 5.10 Å². The van der Waals surface area contributed by atoms with Crippen LogP contribution in [0.25, 0.3) is 11.3 Å². The Morgan fingerprint density at radius 3 is 2.47 bits per heavy atom. The smallest absolute Gasteiger partial charge is 0.339 e. The van der Waals surface area contributed by atoms with Crippen LogP contribution in [0.2, 0.25) is 0 Å². The summed E-state index contributed by atoms with van der Waals surface area (Å²) in [7, 11) is -2.54. The molecule has 0 spiro atoms. The summed E-state index contributed by atoms with van der Waals surface area (Å²) in [5.74, 6) is 0.360. The molecular weight excluding hydrogens is 538 g/mol. The lowest BCUT2D eigenvalue weighted by Crippen LogP contribution is -2.10. The van der Waals surface area contributed by atoms with Crippen molar-refractivity contribution in [2.75, 3.05) is 12.5 Å². The van der Waals surface area contributed by atoms with E-state index in [1.54, 1.807) is 30.5 Å². The lowest BCUT2D eigenvalue weighted by atomic mass is 10.2. The summed E-state index contributed by atoms with van der Waals surface area (Å²) in [6.07, 6.45) is 1.58. The third-order valence-electron chi connectivity index (χ3n) is 4.71. The summed E-state index contributed by atoms with van der Waals surface area (Å²) >= 11 is 4.87. The summed E-state index contributed by atoms with van der Waals surface area (Å²) in [5, 5.41) is 6.81. The molecule has 0 saturated carbocycles. The van der Waals surface area contributed by atoms with Crippen LogP contribution in [0.4, 0.5) is 5.13 Å². The van der Waals surface area contributed by atoms with Crippen LogP contribution >= 0.6 is 27.3 Å². The van der Waals surface area contributed by atoms with Gasteiger partial charge in [-0.1, -0.05) is 45.8 Å². The van der Waals surface area contributed by atoms with Gasteiger partial charge in [0, 0.05) is 15.4 Å². The molecule has 0 aliphatic rings. The monoisotopic (exact) mass is 557 g/mol. The van der Waals surface area contributed by atoms with Gasteiger partial charge in [0.2, 0.25) is 5.13 Å². The number of thiazole rings is 1. The minimum atomic E-state index is -3.99. The van der Waals surface area contributed by atoms with Crippen molar-refractivity contribution in [3.05, 3.63) is 87.7 Å². The number of halogens is 1. The van der Waals surface area contributed by atoms with Gasteiger partial charge >= 0.3 is 10.1 Å². The zero-order chi connectivity index (χ0) is 24.1. The maximum Gasteiger partial charge on any atom is 0.339 e. The third kappa shape index (κ3) is 5.82. The van der Waals surface area contributed by atoms with Crippen molar-refractivity contribution < 1.29 is 17.3 Å². The van der Waals surface area contributed by atoms with E-state index in [1.807, 2.05) is 36.6 Å². The molecule has 0 amide bonds. The second-order valence-electron chi connectivity index (χ2n) is 7.18. The highest BCUT2D eigenvalue weighted by atomic mass is 79.9. The van der Waals surface area contributed by atoms with Gasteiger partial charge in [-0.05, 0) is 55.0 Å². The van der Waals surface area contributed by atoms with Gasteiger partial charge in [-0.25, -0.2) is 4.98 Å². The van der Waals surface area contributed by atoms with E-state index in [-0.39, 0.29) is 16.4 Å². The van der Waals surface area contributed by atoms with Gasteiger partial charge in [0.25, 0.3) is 0 Å². The molecule has 0 saturated heterocycles. The number of nitrogens with one attached hydrogen (secondary N) is 1. The Morgan fingerprint density at radius 1 is 1.03 bits per heavy atom. The highest BCUT2D eigenvalue weighted by molar-refractivity contribution is 9.10.